The van der Waals surface area contributed by atoms with Crippen LogP contribution in [0.1, 0.15) is 37.0 Å². The van der Waals surface area contributed by atoms with Gasteiger partial charge in [-0.05, 0) is 26.2 Å². The summed E-state index contributed by atoms with van der Waals surface area (Å²) in [5.41, 5.74) is 0. The zero-order valence-corrected chi connectivity index (χ0v) is 11.3. The van der Waals surface area contributed by atoms with Crippen molar-refractivity contribution in [3.8, 4) is 0 Å². The van der Waals surface area contributed by atoms with E-state index in [-0.39, 0.29) is 5.91 Å². The Labute approximate surface area is 105 Å². The normalized spacial score (nSPS) is 24.1. The molecule has 2 unspecified atom stereocenters. The summed E-state index contributed by atoms with van der Waals surface area (Å²) >= 11 is 1.33. The molecule has 0 saturated carbocycles. The van der Waals surface area contributed by atoms with Crippen LogP contribution in [0.5, 0.6) is 0 Å². The van der Waals surface area contributed by atoms with E-state index in [0.29, 0.717) is 17.0 Å². The number of anilines is 1. The van der Waals surface area contributed by atoms with E-state index in [1.54, 1.807) is 0 Å². The van der Waals surface area contributed by atoms with Crippen molar-refractivity contribution in [2.75, 3.05) is 18.4 Å². The molecule has 6 heteroatoms. The van der Waals surface area contributed by atoms with Crippen LogP contribution in [0, 0.1) is 5.92 Å². The number of hydrogen-bond donors (Lipinski definition) is 1. The summed E-state index contributed by atoms with van der Waals surface area (Å²) in [5, 5.41) is 12.2. The quantitative estimate of drug-likeness (QED) is 0.894. The molecular weight excluding hydrogens is 236 g/mol. The molecule has 1 aliphatic heterocycles. The highest BCUT2D eigenvalue weighted by Gasteiger charge is 2.32. The molecule has 0 radical (unpaired) electrons. The number of nitrogens with one attached hydrogen (secondary N) is 1. The zero-order valence-electron chi connectivity index (χ0n) is 10.4. The molecule has 5 nitrogen and oxygen atoms in total. The lowest BCUT2D eigenvalue weighted by atomic mass is 10.1. The van der Waals surface area contributed by atoms with E-state index in [4.69, 9.17) is 0 Å². The average Bonchev–Trinajstić information content (AvgIpc) is 2.85. The van der Waals surface area contributed by atoms with Crippen LogP contribution in [0.25, 0.3) is 0 Å². The van der Waals surface area contributed by atoms with E-state index in [1.165, 1.54) is 11.3 Å². The van der Waals surface area contributed by atoms with Crippen LogP contribution in [-0.2, 0) is 0 Å². The van der Waals surface area contributed by atoms with Crippen LogP contribution in [0.2, 0.25) is 0 Å². The van der Waals surface area contributed by atoms with Gasteiger partial charge in [0.15, 0.2) is 0 Å². The number of amides is 1. The lowest BCUT2D eigenvalue weighted by Gasteiger charge is -2.19. The number of likely N-dealkylation sites (tertiary alicyclic amines) is 1. The zero-order chi connectivity index (χ0) is 12.4. The predicted octanol–water partition coefficient (Wildman–Crippen LogP) is 1.84. The molecule has 1 N–H and O–H groups in total. The number of carbonyl (C=O) groups excluding carboxylic acids is 1. The van der Waals surface area contributed by atoms with Gasteiger partial charge in [0.1, 0.15) is 0 Å². The second kappa shape index (κ2) is 5.00. The monoisotopic (exact) mass is 254 g/mol. The average molecular weight is 254 g/mol. The van der Waals surface area contributed by atoms with Gasteiger partial charge in [0, 0.05) is 19.1 Å². The van der Waals surface area contributed by atoms with Gasteiger partial charge in [-0.25, -0.2) is 0 Å². The molecular formula is C11H18N4OS. The molecule has 1 aliphatic rings. The van der Waals surface area contributed by atoms with Crippen LogP contribution >= 0.6 is 11.3 Å². The first kappa shape index (κ1) is 12.3. The third-order valence-electron chi connectivity index (χ3n) is 2.98. The maximum absolute atomic E-state index is 12.2. The lowest BCUT2D eigenvalue weighted by molar-refractivity contribution is 0.0742. The van der Waals surface area contributed by atoms with Gasteiger partial charge in [0.05, 0.1) is 0 Å². The third-order valence-corrected chi connectivity index (χ3v) is 3.85. The van der Waals surface area contributed by atoms with Gasteiger partial charge in [-0.2, -0.15) is 0 Å². The summed E-state index contributed by atoms with van der Waals surface area (Å²) in [6.45, 7) is 7.88. The fraction of sp³-hybridized carbons (Fsp3) is 0.727. The Morgan fingerprint density at radius 1 is 1.53 bits per heavy atom. The Morgan fingerprint density at radius 3 is 2.88 bits per heavy atom. The number of carbonyl (C=O) groups is 1. The summed E-state index contributed by atoms with van der Waals surface area (Å²) in [5.74, 6) is 0.596. The molecule has 0 spiro atoms. The van der Waals surface area contributed by atoms with Crippen LogP contribution in [0.4, 0.5) is 5.13 Å². The number of nitrogens with zero attached hydrogens (tertiary/aromatic N) is 3. The molecule has 94 valence electrons. The van der Waals surface area contributed by atoms with E-state index in [9.17, 15) is 4.79 Å². The fourth-order valence-electron chi connectivity index (χ4n) is 2.24. The summed E-state index contributed by atoms with van der Waals surface area (Å²) in [7, 11) is 0. The number of aromatic nitrogens is 2. The highest BCUT2D eigenvalue weighted by atomic mass is 32.1. The Morgan fingerprint density at radius 2 is 2.29 bits per heavy atom. The van der Waals surface area contributed by atoms with E-state index in [0.717, 1.165) is 24.6 Å². The van der Waals surface area contributed by atoms with Crippen LogP contribution in [0.3, 0.4) is 0 Å². The predicted molar refractivity (Wildman–Crippen MR) is 68.4 cm³/mol. The van der Waals surface area contributed by atoms with Crippen LogP contribution < -0.4 is 5.32 Å². The number of hydrogen-bond acceptors (Lipinski definition) is 5. The topological polar surface area (TPSA) is 58.1 Å². The second-order valence-electron chi connectivity index (χ2n) is 4.59. The first-order valence-corrected chi connectivity index (χ1v) is 6.81. The van der Waals surface area contributed by atoms with Gasteiger partial charge in [0.25, 0.3) is 5.91 Å². The van der Waals surface area contributed by atoms with Crippen molar-refractivity contribution in [3.05, 3.63) is 5.01 Å². The smallest absolute Gasteiger partial charge is 0.285 e. The minimum Gasteiger partial charge on any atom is -0.360 e. The molecule has 1 aromatic rings. The first-order chi connectivity index (χ1) is 8.11. The largest absolute Gasteiger partial charge is 0.360 e. The summed E-state index contributed by atoms with van der Waals surface area (Å²) in [6.07, 6.45) is 1.07. The van der Waals surface area contributed by atoms with E-state index < -0.39 is 0 Å². The molecule has 1 saturated heterocycles. The van der Waals surface area contributed by atoms with Gasteiger partial charge >= 0.3 is 0 Å². The summed E-state index contributed by atoms with van der Waals surface area (Å²) in [6, 6.07) is 0.309. The van der Waals surface area contributed by atoms with Crippen molar-refractivity contribution in [2.24, 2.45) is 5.92 Å². The second-order valence-corrected chi connectivity index (χ2v) is 5.57. The molecule has 2 atom stereocenters. The first-order valence-electron chi connectivity index (χ1n) is 6.00. The molecule has 1 amide bonds. The third kappa shape index (κ3) is 2.57. The fourth-order valence-corrected chi connectivity index (χ4v) is 3.01. The minimum atomic E-state index is 0.0171. The maximum Gasteiger partial charge on any atom is 0.285 e. The minimum absolute atomic E-state index is 0.0171. The maximum atomic E-state index is 12.2. The molecule has 1 fully saturated rings. The van der Waals surface area contributed by atoms with Gasteiger partial charge in [-0.3, -0.25) is 4.79 Å². The van der Waals surface area contributed by atoms with E-state index in [2.05, 4.69) is 29.4 Å². The number of rotatable bonds is 3. The van der Waals surface area contributed by atoms with E-state index >= 15 is 0 Å². The van der Waals surface area contributed by atoms with Crippen molar-refractivity contribution in [2.45, 2.75) is 33.2 Å². The van der Waals surface area contributed by atoms with Gasteiger partial charge in [0.2, 0.25) is 10.1 Å². The van der Waals surface area contributed by atoms with Crippen molar-refractivity contribution in [1.29, 1.82) is 0 Å². The van der Waals surface area contributed by atoms with Crippen LogP contribution in [-0.4, -0.2) is 40.1 Å². The Hall–Kier alpha value is -1.17. The summed E-state index contributed by atoms with van der Waals surface area (Å²) in [4.78, 5) is 14.1. The molecule has 0 aliphatic carbocycles. The highest BCUT2D eigenvalue weighted by Crippen LogP contribution is 2.25. The SMILES string of the molecule is CCNc1nnc(C(=O)N2CC(C)CC2C)s1. The van der Waals surface area contributed by atoms with Gasteiger partial charge in [-0.15, -0.1) is 10.2 Å². The highest BCUT2D eigenvalue weighted by molar-refractivity contribution is 7.17. The van der Waals surface area contributed by atoms with Crippen molar-refractivity contribution in [1.82, 2.24) is 15.1 Å². The molecule has 2 rings (SSSR count). The Kier molecular flexibility index (Phi) is 3.61. The Bertz CT molecular complexity index is 406. The van der Waals surface area contributed by atoms with Crippen molar-refractivity contribution < 1.29 is 4.79 Å². The molecule has 0 bridgehead atoms. The van der Waals surface area contributed by atoms with Crippen molar-refractivity contribution in [3.63, 3.8) is 0 Å². The molecule has 1 aromatic heterocycles. The molecule has 2 heterocycles. The standard InChI is InChI=1S/C11H18N4OS/c1-4-12-11-14-13-9(17-11)10(16)15-6-7(2)5-8(15)3/h7-8H,4-6H2,1-3H3,(H,12,14). The van der Waals surface area contributed by atoms with Crippen molar-refractivity contribution >= 4 is 22.4 Å². The van der Waals surface area contributed by atoms with Gasteiger partial charge in [-0.1, -0.05) is 18.3 Å². The molecule has 0 aromatic carbocycles. The Balaban J connectivity index is 2.08. The summed E-state index contributed by atoms with van der Waals surface area (Å²) < 4.78 is 0. The molecule has 17 heavy (non-hydrogen) atoms. The van der Waals surface area contributed by atoms with Crippen LogP contribution in [0.15, 0.2) is 0 Å². The van der Waals surface area contributed by atoms with E-state index in [1.807, 2.05) is 11.8 Å². The lowest BCUT2D eigenvalue weighted by Crippen LogP contribution is -2.33. The van der Waals surface area contributed by atoms with Gasteiger partial charge < -0.3 is 10.2 Å².